The SMILES string of the molecule is O=Cc1c(O)c(O)cc2sccc12. The third-order valence-electron chi connectivity index (χ3n) is 1.87. The van der Waals surface area contributed by atoms with Gasteiger partial charge in [0.15, 0.2) is 17.8 Å². The summed E-state index contributed by atoms with van der Waals surface area (Å²) in [7, 11) is 0. The molecule has 0 saturated heterocycles. The second-order valence-electron chi connectivity index (χ2n) is 2.61. The molecule has 2 aromatic rings. The number of fused-ring (bicyclic) bond motifs is 1. The number of benzene rings is 1. The van der Waals surface area contributed by atoms with E-state index in [-0.39, 0.29) is 17.1 Å². The summed E-state index contributed by atoms with van der Waals surface area (Å²) >= 11 is 1.41. The Morgan fingerprint density at radius 1 is 1.38 bits per heavy atom. The number of rotatable bonds is 1. The highest BCUT2D eigenvalue weighted by Crippen LogP contribution is 2.36. The molecule has 2 rings (SSSR count). The smallest absolute Gasteiger partial charge is 0.168 e. The molecule has 0 spiro atoms. The zero-order chi connectivity index (χ0) is 9.42. The van der Waals surface area contributed by atoms with Crippen molar-refractivity contribution in [3.63, 3.8) is 0 Å². The van der Waals surface area contributed by atoms with Crippen molar-refractivity contribution in [3.8, 4) is 11.5 Å². The van der Waals surface area contributed by atoms with Crippen LogP contribution in [0, 0.1) is 0 Å². The van der Waals surface area contributed by atoms with Gasteiger partial charge >= 0.3 is 0 Å². The van der Waals surface area contributed by atoms with Crippen LogP contribution < -0.4 is 0 Å². The van der Waals surface area contributed by atoms with Gasteiger partial charge < -0.3 is 10.2 Å². The van der Waals surface area contributed by atoms with E-state index in [1.807, 2.05) is 0 Å². The summed E-state index contributed by atoms with van der Waals surface area (Å²) in [5.74, 6) is -0.599. The van der Waals surface area contributed by atoms with Crippen molar-refractivity contribution in [2.45, 2.75) is 0 Å². The topological polar surface area (TPSA) is 57.5 Å². The first-order valence-corrected chi connectivity index (χ1v) is 4.49. The number of hydrogen-bond donors (Lipinski definition) is 2. The molecule has 0 saturated carbocycles. The minimum Gasteiger partial charge on any atom is -0.504 e. The van der Waals surface area contributed by atoms with Gasteiger partial charge in [-0.2, -0.15) is 0 Å². The van der Waals surface area contributed by atoms with E-state index in [0.29, 0.717) is 11.7 Å². The van der Waals surface area contributed by atoms with Gasteiger partial charge in [-0.1, -0.05) is 0 Å². The number of phenolic OH excluding ortho intramolecular Hbond substituents is 2. The Hall–Kier alpha value is -1.55. The Labute approximate surface area is 77.9 Å². The first-order chi connectivity index (χ1) is 6.24. The predicted octanol–water partition coefficient (Wildman–Crippen LogP) is 2.12. The highest BCUT2D eigenvalue weighted by atomic mass is 32.1. The zero-order valence-corrected chi connectivity index (χ0v) is 7.34. The summed E-state index contributed by atoms with van der Waals surface area (Å²) in [5.41, 5.74) is 0.149. The van der Waals surface area contributed by atoms with Gasteiger partial charge in [0, 0.05) is 16.2 Å². The standard InChI is InChI=1S/C9H6O3S/c10-4-6-5-1-2-13-8(5)3-7(11)9(6)12/h1-4,11-12H. The minimum absolute atomic E-state index is 0.149. The number of phenols is 2. The fraction of sp³-hybridized carbons (Fsp3) is 0. The summed E-state index contributed by atoms with van der Waals surface area (Å²) < 4.78 is 0.789. The van der Waals surface area contributed by atoms with E-state index < -0.39 is 0 Å². The van der Waals surface area contributed by atoms with Gasteiger partial charge in [-0.25, -0.2) is 0 Å². The molecule has 0 aliphatic rings. The molecule has 0 amide bonds. The molecule has 0 unspecified atom stereocenters. The summed E-state index contributed by atoms with van der Waals surface area (Å²) in [6.07, 6.45) is 0.546. The van der Waals surface area contributed by atoms with Crippen LogP contribution in [0.2, 0.25) is 0 Å². The first-order valence-electron chi connectivity index (χ1n) is 3.61. The van der Waals surface area contributed by atoms with Crippen molar-refractivity contribution in [1.82, 2.24) is 0 Å². The van der Waals surface area contributed by atoms with Crippen molar-refractivity contribution >= 4 is 27.7 Å². The van der Waals surface area contributed by atoms with Crippen LogP contribution in [0.1, 0.15) is 10.4 Å². The molecule has 1 aromatic carbocycles. The minimum atomic E-state index is -0.346. The molecule has 0 atom stereocenters. The maximum Gasteiger partial charge on any atom is 0.168 e. The Kier molecular flexibility index (Phi) is 1.70. The van der Waals surface area contributed by atoms with Crippen LogP contribution in [0.5, 0.6) is 11.5 Å². The lowest BCUT2D eigenvalue weighted by molar-refractivity contribution is 0.112. The molecule has 0 bridgehead atoms. The molecule has 13 heavy (non-hydrogen) atoms. The largest absolute Gasteiger partial charge is 0.504 e. The van der Waals surface area contributed by atoms with E-state index in [2.05, 4.69) is 0 Å². The Balaban J connectivity index is 2.95. The quantitative estimate of drug-likeness (QED) is 0.540. The maximum absolute atomic E-state index is 10.6. The summed E-state index contributed by atoms with van der Waals surface area (Å²) in [4.78, 5) is 10.6. The third kappa shape index (κ3) is 1.07. The lowest BCUT2D eigenvalue weighted by atomic mass is 10.1. The lowest BCUT2D eigenvalue weighted by Gasteiger charge is -2.01. The molecule has 1 aromatic heterocycles. The number of thiophene rings is 1. The second kappa shape index (κ2) is 2.74. The Morgan fingerprint density at radius 2 is 2.15 bits per heavy atom. The second-order valence-corrected chi connectivity index (χ2v) is 3.56. The van der Waals surface area contributed by atoms with E-state index in [1.54, 1.807) is 11.4 Å². The molecule has 0 radical (unpaired) electrons. The Morgan fingerprint density at radius 3 is 2.85 bits per heavy atom. The van der Waals surface area contributed by atoms with Gasteiger partial charge in [0.05, 0.1) is 5.56 Å². The molecule has 66 valence electrons. The molecule has 3 nitrogen and oxygen atoms in total. The fourth-order valence-corrected chi connectivity index (χ4v) is 2.07. The molecule has 0 fully saturated rings. The molecular formula is C9H6O3S. The zero-order valence-electron chi connectivity index (χ0n) is 6.52. The van der Waals surface area contributed by atoms with E-state index >= 15 is 0 Å². The van der Waals surface area contributed by atoms with Gasteiger partial charge in [0.2, 0.25) is 0 Å². The van der Waals surface area contributed by atoms with Crippen molar-refractivity contribution in [3.05, 3.63) is 23.1 Å². The summed E-state index contributed by atoms with van der Waals surface area (Å²) in [6, 6.07) is 3.19. The van der Waals surface area contributed by atoms with Gasteiger partial charge in [0.1, 0.15) is 0 Å². The number of hydrogen-bond acceptors (Lipinski definition) is 4. The van der Waals surface area contributed by atoms with Crippen molar-refractivity contribution in [2.75, 3.05) is 0 Å². The number of aldehydes is 1. The predicted molar refractivity (Wildman–Crippen MR) is 50.5 cm³/mol. The third-order valence-corrected chi connectivity index (χ3v) is 2.73. The highest BCUT2D eigenvalue weighted by molar-refractivity contribution is 7.17. The van der Waals surface area contributed by atoms with E-state index in [0.717, 1.165) is 4.70 Å². The van der Waals surface area contributed by atoms with Crippen LogP contribution in [-0.2, 0) is 0 Å². The number of carbonyl (C=O) groups is 1. The molecule has 1 heterocycles. The number of aromatic hydroxyl groups is 2. The van der Waals surface area contributed by atoms with Gasteiger partial charge in [-0.3, -0.25) is 4.79 Å². The molecule has 0 aliphatic carbocycles. The first kappa shape index (κ1) is 8.07. The highest BCUT2D eigenvalue weighted by Gasteiger charge is 2.11. The van der Waals surface area contributed by atoms with Gasteiger partial charge in [0.25, 0.3) is 0 Å². The molecule has 0 aliphatic heterocycles. The van der Waals surface area contributed by atoms with Gasteiger partial charge in [-0.15, -0.1) is 11.3 Å². The van der Waals surface area contributed by atoms with Gasteiger partial charge in [-0.05, 0) is 11.4 Å². The average molecular weight is 194 g/mol. The lowest BCUT2D eigenvalue weighted by Crippen LogP contribution is -1.82. The normalized spacial score (nSPS) is 10.5. The van der Waals surface area contributed by atoms with E-state index in [9.17, 15) is 15.0 Å². The molecule has 4 heteroatoms. The van der Waals surface area contributed by atoms with Crippen LogP contribution in [0.4, 0.5) is 0 Å². The van der Waals surface area contributed by atoms with E-state index in [1.165, 1.54) is 17.4 Å². The van der Waals surface area contributed by atoms with Crippen LogP contribution in [0.25, 0.3) is 10.1 Å². The molecule has 2 N–H and O–H groups in total. The van der Waals surface area contributed by atoms with Crippen LogP contribution in [0.3, 0.4) is 0 Å². The fourth-order valence-electron chi connectivity index (χ4n) is 1.23. The van der Waals surface area contributed by atoms with Crippen molar-refractivity contribution < 1.29 is 15.0 Å². The monoisotopic (exact) mass is 194 g/mol. The van der Waals surface area contributed by atoms with E-state index in [4.69, 9.17) is 0 Å². The maximum atomic E-state index is 10.6. The summed E-state index contributed by atoms with van der Waals surface area (Å²) in [5, 5.41) is 21.1. The number of carbonyl (C=O) groups excluding carboxylic acids is 1. The van der Waals surface area contributed by atoms with Crippen LogP contribution in [-0.4, -0.2) is 16.5 Å². The van der Waals surface area contributed by atoms with Crippen LogP contribution in [0.15, 0.2) is 17.5 Å². The van der Waals surface area contributed by atoms with Crippen LogP contribution >= 0.6 is 11.3 Å². The Bertz CT molecular complexity index is 473. The van der Waals surface area contributed by atoms with Crippen molar-refractivity contribution in [2.24, 2.45) is 0 Å². The van der Waals surface area contributed by atoms with Crippen molar-refractivity contribution in [1.29, 1.82) is 0 Å². The summed E-state index contributed by atoms with van der Waals surface area (Å²) in [6.45, 7) is 0. The molecular weight excluding hydrogens is 188 g/mol. The average Bonchev–Trinajstić information content (AvgIpc) is 2.54.